The normalized spacial score (nSPS) is 19.6. The number of hydrogen-bond acceptors (Lipinski definition) is 9. The molecule has 0 saturated carbocycles. The van der Waals surface area contributed by atoms with Gasteiger partial charge in [0.25, 0.3) is 0 Å². The molecular formula is C28H43NO9. The van der Waals surface area contributed by atoms with Crippen LogP contribution in [0.4, 0.5) is 9.59 Å². The summed E-state index contributed by atoms with van der Waals surface area (Å²) in [5.41, 5.74) is -0.682. The van der Waals surface area contributed by atoms with Gasteiger partial charge in [-0.15, -0.1) is 0 Å². The second kappa shape index (κ2) is 13.7. The molecule has 1 saturated heterocycles. The Balaban J connectivity index is 2.36. The van der Waals surface area contributed by atoms with E-state index >= 15 is 0 Å². The molecule has 1 aliphatic rings. The summed E-state index contributed by atoms with van der Waals surface area (Å²) < 4.78 is 27.7. The molecule has 0 bridgehead atoms. The number of aliphatic hydroxyl groups excluding tert-OH is 1. The average molecular weight is 538 g/mol. The summed E-state index contributed by atoms with van der Waals surface area (Å²) in [6.07, 6.45) is -1.15. The highest BCUT2D eigenvalue weighted by atomic mass is 16.7. The molecule has 3 atom stereocenters. The molecule has 0 aromatic heterocycles. The smallest absolute Gasteiger partial charge is 0.497 e. The van der Waals surface area contributed by atoms with Crippen LogP contribution in [0.3, 0.4) is 0 Å². The zero-order chi connectivity index (χ0) is 28.5. The first kappa shape index (κ1) is 31.2. The number of carbonyl (C=O) groups excluding carboxylic acids is 3. The predicted octanol–water partition coefficient (Wildman–Crippen LogP) is 4.64. The Bertz CT molecular complexity index is 918. The Morgan fingerprint density at radius 3 is 2.11 bits per heavy atom. The van der Waals surface area contributed by atoms with E-state index in [2.05, 4.69) is 0 Å². The lowest BCUT2D eigenvalue weighted by Crippen LogP contribution is -2.45. The number of nitrogens with zero attached hydrogens (tertiary/aromatic N) is 1. The maximum Gasteiger partial charge on any atom is 0.509 e. The number of hydrogen-bond donors (Lipinski definition) is 1. The van der Waals surface area contributed by atoms with Crippen molar-refractivity contribution in [2.24, 2.45) is 0 Å². The zero-order valence-corrected chi connectivity index (χ0v) is 23.7. The molecule has 1 aromatic rings. The van der Waals surface area contributed by atoms with E-state index in [0.29, 0.717) is 31.4 Å². The molecule has 1 fully saturated rings. The van der Waals surface area contributed by atoms with Gasteiger partial charge in [0.1, 0.15) is 17.0 Å². The van der Waals surface area contributed by atoms with Gasteiger partial charge < -0.3 is 28.8 Å². The van der Waals surface area contributed by atoms with Crippen molar-refractivity contribution in [3.63, 3.8) is 0 Å². The predicted molar refractivity (Wildman–Crippen MR) is 140 cm³/mol. The van der Waals surface area contributed by atoms with Crippen molar-refractivity contribution in [3.8, 4) is 5.75 Å². The van der Waals surface area contributed by atoms with Crippen LogP contribution in [0.2, 0.25) is 0 Å². The van der Waals surface area contributed by atoms with Crippen LogP contribution in [-0.4, -0.2) is 77.9 Å². The van der Waals surface area contributed by atoms with Crippen LogP contribution >= 0.6 is 0 Å². The standard InChI is InChI=1S/C28H43NO9/c1-27(2,3)37-25(32)29-18-22(35-26(33)38-28(4,5)6)24(36-23(31)11-9-8-10-16-30)21(29)17-19-12-14-20(34-7)15-13-19/h12-15,21-22,24,30H,8-11,16-18H2,1-7H3/t21-,22+,24+/m1/s1. The fourth-order valence-electron chi connectivity index (χ4n) is 4.04. The second-order valence-electron chi connectivity index (χ2n) is 11.4. The summed E-state index contributed by atoms with van der Waals surface area (Å²) in [5.74, 6) is 0.206. The number of benzene rings is 1. The molecule has 1 aliphatic heterocycles. The van der Waals surface area contributed by atoms with Gasteiger partial charge in [0.2, 0.25) is 0 Å². The summed E-state index contributed by atoms with van der Waals surface area (Å²) in [7, 11) is 1.57. The van der Waals surface area contributed by atoms with Crippen molar-refractivity contribution < 1.29 is 43.2 Å². The van der Waals surface area contributed by atoms with Gasteiger partial charge >= 0.3 is 18.2 Å². The third kappa shape index (κ3) is 10.4. The fourth-order valence-corrected chi connectivity index (χ4v) is 4.04. The Morgan fingerprint density at radius 1 is 0.921 bits per heavy atom. The number of esters is 1. The molecule has 38 heavy (non-hydrogen) atoms. The lowest BCUT2D eigenvalue weighted by molar-refractivity contribution is -0.156. The Morgan fingerprint density at radius 2 is 1.55 bits per heavy atom. The number of methoxy groups -OCH3 is 1. The molecule has 1 aromatic carbocycles. The SMILES string of the molecule is COc1ccc(C[C@@H]2[C@H](OC(=O)CCCCCO)[C@@H](OC(=O)OC(C)(C)C)CN2C(=O)OC(C)(C)C)cc1. The number of ether oxygens (including phenoxy) is 5. The summed E-state index contributed by atoms with van der Waals surface area (Å²) in [4.78, 5) is 40.1. The Hall–Kier alpha value is -3.01. The summed E-state index contributed by atoms with van der Waals surface area (Å²) in [6.45, 7) is 10.5. The van der Waals surface area contributed by atoms with Gasteiger partial charge in [-0.2, -0.15) is 0 Å². The van der Waals surface area contributed by atoms with Crippen molar-refractivity contribution in [1.82, 2.24) is 4.90 Å². The molecule has 10 heteroatoms. The van der Waals surface area contributed by atoms with Crippen molar-refractivity contribution in [2.45, 2.75) is 103 Å². The van der Waals surface area contributed by atoms with E-state index in [1.165, 1.54) is 4.90 Å². The van der Waals surface area contributed by atoms with Crippen LogP contribution in [0, 0.1) is 0 Å². The Labute approximate surface area is 225 Å². The van der Waals surface area contributed by atoms with Gasteiger partial charge in [0, 0.05) is 13.0 Å². The minimum absolute atomic E-state index is 0.0303. The first-order chi connectivity index (χ1) is 17.7. The highest BCUT2D eigenvalue weighted by Crippen LogP contribution is 2.30. The summed E-state index contributed by atoms with van der Waals surface area (Å²) in [5, 5.41) is 9.00. The molecule has 0 radical (unpaired) electrons. The van der Waals surface area contributed by atoms with Crippen LogP contribution in [0.25, 0.3) is 0 Å². The zero-order valence-electron chi connectivity index (χ0n) is 23.7. The maximum atomic E-state index is 13.2. The third-order valence-corrected chi connectivity index (χ3v) is 5.70. The number of carbonyl (C=O) groups is 3. The molecule has 1 N–H and O–H groups in total. The van der Waals surface area contributed by atoms with Crippen LogP contribution in [0.1, 0.15) is 72.8 Å². The molecule has 0 spiro atoms. The topological polar surface area (TPSA) is 121 Å². The van der Waals surface area contributed by atoms with E-state index in [1.54, 1.807) is 60.8 Å². The van der Waals surface area contributed by atoms with E-state index in [1.807, 2.05) is 12.1 Å². The van der Waals surface area contributed by atoms with E-state index < -0.39 is 47.7 Å². The highest BCUT2D eigenvalue weighted by molar-refractivity contribution is 5.72. The van der Waals surface area contributed by atoms with Gasteiger partial charge in [-0.05, 0) is 78.5 Å². The molecule has 214 valence electrons. The lowest BCUT2D eigenvalue weighted by atomic mass is 10.0. The minimum atomic E-state index is -0.956. The minimum Gasteiger partial charge on any atom is -0.497 e. The second-order valence-corrected chi connectivity index (χ2v) is 11.4. The number of amides is 1. The van der Waals surface area contributed by atoms with Crippen LogP contribution in [0.5, 0.6) is 5.75 Å². The molecule has 0 unspecified atom stereocenters. The Kier molecular flexibility index (Phi) is 11.2. The van der Waals surface area contributed by atoms with Crippen LogP contribution in [-0.2, 0) is 30.2 Å². The van der Waals surface area contributed by atoms with Gasteiger partial charge in [-0.3, -0.25) is 9.69 Å². The third-order valence-electron chi connectivity index (χ3n) is 5.70. The summed E-state index contributed by atoms with van der Waals surface area (Å²) >= 11 is 0. The van der Waals surface area contributed by atoms with E-state index in [0.717, 1.165) is 5.56 Å². The fraction of sp³-hybridized carbons (Fsp3) is 0.679. The largest absolute Gasteiger partial charge is 0.509 e. The van der Waals surface area contributed by atoms with Crippen LogP contribution in [0.15, 0.2) is 24.3 Å². The molecule has 10 nitrogen and oxygen atoms in total. The van der Waals surface area contributed by atoms with Crippen molar-refractivity contribution >= 4 is 18.2 Å². The molecule has 1 heterocycles. The quantitative estimate of drug-likeness (QED) is 0.258. The van der Waals surface area contributed by atoms with Crippen molar-refractivity contribution in [3.05, 3.63) is 29.8 Å². The summed E-state index contributed by atoms with van der Waals surface area (Å²) in [6, 6.07) is 6.67. The lowest BCUT2D eigenvalue weighted by Gasteiger charge is -2.30. The maximum absolute atomic E-state index is 13.2. The van der Waals surface area contributed by atoms with Crippen molar-refractivity contribution in [2.75, 3.05) is 20.3 Å². The van der Waals surface area contributed by atoms with Gasteiger partial charge in [-0.25, -0.2) is 9.59 Å². The van der Waals surface area contributed by atoms with E-state index in [9.17, 15) is 14.4 Å². The van der Waals surface area contributed by atoms with Gasteiger partial charge in [0.05, 0.1) is 19.7 Å². The van der Waals surface area contributed by atoms with E-state index in [-0.39, 0.29) is 19.6 Å². The number of unbranched alkanes of at least 4 members (excludes halogenated alkanes) is 2. The molecule has 1 amide bonds. The molecule has 0 aliphatic carbocycles. The monoisotopic (exact) mass is 537 g/mol. The average Bonchev–Trinajstić information content (AvgIpc) is 3.11. The first-order valence-electron chi connectivity index (χ1n) is 13.0. The van der Waals surface area contributed by atoms with Crippen molar-refractivity contribution in [1.29, 1.82) is 0 Å². The van der Waals surface area contributed by atoms with E-state index in [4.69, 9.17) is 28.8 Å². The molecular weight excluding hydrogens is 494 g/mol. The number of rotatable bonds is 10. The van der Waals surface area contributed by atoms with Gasteiger partial charge in [-0.1, -0.05) is 18.6 Å². The van der Waals surface area contributed by atoms with Crippen LogP contribution < -0.4 is 4.74 Å². The number of likely N-dealkylation sites (tertiary alicyclic amines) is 1. The van der Waals surface area contributed by atoms with Gasteiger partial charge in [0.15, 0.2) is 12.2 Å². The number of aliphatic hydroxyl groups is 1. The molecule has 2 rings (SSSR count). The first-order valence-corrected chi connectivity index (χ1v) is 13.0. The highest BCUT2D eigenvalue weighted by Gasteiger charge is 2.50.